The Morgan fingerprint density at radius 2 is 2.33 bits per heavy atom. The van der Waals surface area contributed by atoms with Gasteiger partial charge < -0.3 is 4.98 Å². The molecule has 0 saturated heterocycles. The van der Waals surface area contributed by atoms with E-state index in [4.69, 9.17) is 0 Å². The zero-order chi connectivity index (χ0) is 8.55. The van der Waals surface area contributed by atoms with Crippen LogP contribution in [0.4, 0.5) is 0 Å². The molecular formula is C9H9IN2. The van der Waals surface area contributed by atoms with Crippen LogP contribution in [0.1, 0.15) is 12.7 Å². The van der Waals surface area contributed by atoms with Gasteiger partial charge in [-0.05, 0) is 34.7 Å². The van der Waals surface area contributed by atoms with Crippen LogP contribution in [0.25, 0.3) is 11.0 Å². The summed E-state index contributed by atoms with van der Waals surface area (Å²) in [5, 5.41) is 0. The number of H-pyrrole nitrogens is 1. The molecule has 0 amide bonds. The van der Waals surface area contributed by atoms with E-state index in [1.807, 2.05) is 6.07 Å². The van der Waals surface area contributed by atoms with E-state index in [9.17, 15) is 0 Å². The molecule has 0 radical (unpaired) electrons. The number of nitrogens with one attached hydrogen (secondary N) is 1. The lowest BCUT2D eigenvalue weighted by Crippen LogP contribution is -1.80. The van der Waals surface area contributed by atoms with Crippen LogP contribution in [0.15, 0.2) is 18.2 Å². The maximum Gasteiger partial charge on any atom is 0.106 e. The molecule has 1 N–H and O–H groups in total. The molecule has 2 rings (SSSR count). The van der Waals surface area contributed by atoms with Gasteiger partial charge in [-0.25, -0.2) is 4.98 Å². The molecule has 3 heteroatoms. The fourth-order valence-electron chi connectivity index (χ4n) is 1.22. The summed E-state index contributed by atoms with van der Waals surface area (Å²) < 4.78 is 1.21. The highest BCUT2D eigenvalue weighted by Crippen LogP contribution is 2.17. The highest BCUT2D eigenvalue weighted by molar-refractivity contribution is 14.1. The molecular weight excluding hydrogens is 263 g/mol. The lowest BCUT2D eigenvalue weighted by atomic mass is 10.3. The normalized spacial score (nSPS) is 10.8. The maximum atomic E-state index is 4.47. The number of rotatable bonds is 1. The summed E-state index contributed by atoms with van der Waals surface area (Å²) in [6.07, 6.45) is 0.963. The van der Waals surface area contributed by atoms with E-state index in [0.717, 1.165) is 23.3 Å². The topological polar surface area (TPSA) is 28.7 Å². The summed E-state index contributed by atoms with van der Waals surface area (Å²) in [7, 11) is 0. The molecule has 62 valence electrons. The van der Waals surface area contributed by atoms with Gasteiger partial charge in [0, 0.05) is 9.99 Å². The Morgan fingerprint density at radius 1 is 1.50 bits per heavy atom. The third-order valence-electron chi connectivity index (χ3n) is 1.85. The number of fused-ring (bicyclic) bond motifs is 1. The summed E-state index contributed by atoms with van der Waals surface area (Å²) >= 11 is 2.31. The lowest BCUT2D eigenvalue weighted by Gasteiger charge is -1.88. The number of para-hydroxylation sites is 1. The Morgan fingerprint density at radius 3 is 3.00 bits per heavy atom. The van der Waals surface area contributed by atoms with Crippen LogP contribution in [0.3, 0.4) is 0 Å². The number of nitrogens with zero attached hydrogens (tertiary/aromatic N) is 1. The first-order chi connectivity index (χ1) is 5.81. The molecule has 1 heterocycles. The fourth-order valence-corrected chi connectivity index (χ4v) is 1.83. The van der Waals surface area contributed by atoms with E-state index in [-0.39, 0.29) is 0 Å². The molecule has 0 aliphatic heterocycles. The zero-order valence-corrected chi connectivity index (χ0v) is 8.92. The third kappa shape index (κ3) is 1.22. The Kier molecular flexibility index (Phi) is 2.04. The molecule has 0 aliphatic carbocycles. The van der Waals surface area contributed by atoms with E-state index in [2.05, 4.69) is 51.6 Å². The van der Waals surface area contributed by atoms with Crippen LogP contribution in [-0.4, -0.2) is 9.97 Å². The molecule has 12 heavy (non-hydrogen) atoms. The van der Waals surface area contributed by atoms with Crippen LogP contribution < -0.4 is 0 Å². The molecule has 1 aromatic carbocycles. The summed E-state index contributed by atoms with van der Waals surface area (Å²) in [5.41, 5.74) is 2.23. The quantitative estimate of drug-likeness (QED) is 0.794. The fraction of sp³-hybridized carbons (Fsp3) is 0.222. The molecule has 0 saturated carbocycles. The standard InChI is InChI=1S/C9H9IN2/c1-2-8-11-7-5-3-4-6(10)9(7)12-8/h3-5H,2H2,1H3,(H,11,12). The van der Waals surface area contributed by atoms with E-state index in [1.165, 1.54) is 3.57 Å². The summed E-state index contributed by atoms with van der Waals surface area (Å²) in [6, 6.07) is 6.18. The highest BCUT2D eigenvalue weighted by Gasteiger charge is 2.02. The molecule has 0 atom stereocenters. The maximum absolute atomic E-state index is 4.47. The van der Waals surface area contributed by atoms with Crippen molar-refractivity contribution >= 4 is 33.6 Å². The first-order valence-electron chi connectivity index (χ1n) is 3.94. The highest BCUT2D eigenvalue weighted by atomic mass is 127. The number of aromatic amines is 1. The van der Waals surface area contributed by atoms with Crippen molar-refractivity contribution < 1.29 is 0 Å². The van der Waals surface area contributed by atoms with Gasteiger partial charge in [0.1, 0.15) is 11.3 Å². The van der Waals surface area contributed by atoms with E-state index < -0.39 is 0 Å². The van der Waals surface area contributed by atoms with E-state index in [0.29, 0.717) is 0 Å². The van der Waals surface area contributed by atoms with Crippen molar-refractivity contribution in [2.75, 3.05) is 0 Å². The molecule has 0 fully saturated rings. The summed E-state index contributed by atoms with van der Waals surface area (Å²) in [6.45, 7) is 2.10. The minimum Gasteiger partial charge on any atom is -0.342 e. The second kappa shape index (κ2) is 3.05. The van der Waals surface area contributed by atoms with Crippen LogP contribution in [0.2, 0.25) is 0 Å². The van der Waals surface area contributed by atoms with Gasteiger partial charge in [0.2, 0.25) is 0 Å². The number of aromatic nitrogens is 2. The third-order valence-corrected chi connectivity index (χ3v) is 2.72. The SMILES string of the molecule is CCc1nc2c(I)cccc2[nH]1. The second-order valence-corrected chi connectivity index (χ2v) is 3.84. The van der Waals surface area contributed by atoms with Crippen LogP contribution >= 0.6 is 22.6 Å². The van der Waals surface area contributed by atoms with Crippen LogP contribution in [-0.2, 0) is 6.42 Å². The summed E-state index contributed by atoms with van der Waals surface area (Å²) in [5.74, 6) is 1.06. The van der Waals surface area contributed by atoms with Crippen molar-refractivity contribution in [2.45, 2.75) is 13.3 Å². The number of hydrogen-bond donors (Lipinski definition) is 1. The number of aryl methyl sites for hydroxylation is 1. The van der Waals surface area contributed by atoms with E-state index >= 15 is 0 Å². The Balaban J connectivity index is 2.74. The summed E-state index contributed by atoms with van der Waals surface area (Å²) in [4.78, 5) is 7.74. The van der Waals surface area contributed by atoms with Crippen molar-refractivity contribution in [3.05, 3.63) is 27.6 Å². The van der Waals surface area contributed by atoms with Gasteiger partial charge in [-0.2, -0.15) is 0 Å². The molecule has 2 aromatic rings. The number of benzene rings is 1. The van der Waals surface area contributed by atoms with Gasteiger partial charge >= 0.3 is 0 Å². The van der Waals surface area contributed by atoms with Gasteiger partial charge in [-0.3, -0.25) is 0 Å². The predicted molar refractivity (Wildman–Crippen MR) is 58.2 cm³/mol. The van der Waals surface area contributed by atoms with Crippen LogP contribution in [0, 0.1) is 3.57 Å². The van der Waals surface area contributed by atoms with Crippen molar-refractivity contribution in [2.24, 2.45) is 0 Å². The average Bonchev–Trinajstić information content (AvgIpc) is 2.49. The molecule has 0 spiro atoms. The molecule has 2 nitrogen and oxygen atoms in total. The van der Waals surface area contributed by atoms with Gasteiger partial charge in [0.15, 0.2) is 0 Å². The lowest BCUT2D eigenvalue weighted by molar-refractivity contribution is 1.00. The molecule has 0 bridgehead atoms. The number of halogens is 1. The average molecular weight is 272 g/mol. The van der Waals surface area contributed by atoms with Crippen LogP contribution in [0.5, 0.6) is 0 Å². The minimum atomic E-state index is 0.963. The first-order valence-corrected chi connectivity index (χ1v) is 5.02. The molecule has 0 unspecified atom stereocenters. The largest absolute Gasteiger partial charge is 0.342 e. The smallest absolute Gasteiger partial charge is 0.106 e. The van der Waals surface area contributed by atoms with Gasteiger partial charge in [0.05, 0.1) is 5.52 Å². The molecule has 1 aromatic heterocycles. The Bertz CT molecular complexity index is 406. The Hall–Kier alpha value is -0.580. The Labute approximate surface area is 84.5 Å². The number of hydrogen-bond acceptors (Lipinski definition) is 1. The second-order valence-electron chi connectivity index (χ2n) is 2.67. The van der Waals surface area contributed by atoms with E-state index in [1.54, 1.807) is 0 Å². The minimum absolute atomic E-state index is 0.963. The van der Waals surface area contributed by atoms with Gasteiger partial charge in [-0.15, -0.1) is 0 Å². The van der Waals surface area contributed by atoms with Gasteiger partial charge in [0.25, 0.3) is 0 Å². The zero-order valence-electron chi connectivity index (χ0n) is 6.76. The van der Waals surface area contributed by atoms with Crippen molar-refractivity contribution in [3.8, 4) is 0 Å². The van der Waals surface area contributed by atoms with Crippen molar-refractivity contribution in [1.82, 2.24) is 9.97 Å². The molecule has 0 aliphatic rings. The monoisotopic (exact) mass is 272 g/mol. The van der Waals surface area contributed by atoms with Crippen molar-refractivity contribution in [1.29, 1.82) is 0 Å². The van der Waals surface area contributed by atoms with Gasteiger partial charge in [-0.1, -0.05) is 13.0 Å². The number of imidazole rings is 1. The van der Waals surface area contributed by atoms with Crippen molar-refractivity contribution in [3.63, 3.8) is 0 Å². The first kappa shape index (κ1) is 8.04. The predicted octanol–water partition coefficient (Wildman–Crippen LogP) is 2.73.